The van der Waals surface area contributed by atoms with Crippen LogP contribution in [0, 0.1) is 0 Å². The third-order valence-electron chi connectivity index (χ3n) is 6.76. The van der Waals surface area contributed by atoms with Gasteiger partial charge >= 0.3 is 0 Å². The van der Waals surface area contributed by atoms with Crippen LogP contribution in [0.3, 0.4) is 0 Å². The number of carbonyl (C=O) groups is 1. The van der Waals surface area contributed by atoms with Gasteiger partial charge in [0.05, 0.1) is 10.6 Å². The van der Waals surface area contributed by atoms with E-state index in [0.29, 0.717) is 11.9 Å². The molecule has 0 atom stereocenters. The van der Waals surface area contributed by atoms with Crippen LogP contribution < -0.4 is 5.32 Å². The van der Waals surface area contributed by atoms with Gasteiger partial charge in [0.1, 0.15) is 6.54 Å². The Morgan fingerprint density at radius 2 is 1.29 bits per heavy atom. The normalized spacial score (nSPS) is 11.6. The molecule has 0 aliphatic heterocycles. The number of sulfone groups is 1. The molecule has 0 unspecified atom stereocenters. The van der Waals surface area contributed by atoms with E-state index < -0.39 is 9.84 Å². The molecule has 0 fully saturated rings. The van der Waals surface area contributed by atoms with Gasteiger partial charge < -0.3 is 9.88 Å². The third kappa shape index (κ3) is 5.87. The lowest BCUT2D eigenvalue weighted by atomic mass is 9.88. The predicted molar refractivity (Wildman–Crippen MR) is 152 cm³/mol. The molecular formula is C32H30N2O3S. The van der Waals surface area contributed by atoms with E-state index in [2.05, 4.69) is 29.6 Å². The van der Waals surface area contributed by atoms with Gasteiger partial charge in [0, 0.05) is 29.6 Å². The molecule has 0 saturated carbocycles. The number of rotatable bonds is 10. The van der Waals surface area contributed by atoms with Gasteiger partial charge in [0.15, 0.2) is 9.84 Å². The van der Waals surface area contributed by atoms with Crippen molar-refractivity contribution >= 4 is 26.6 Å². The lowest BCUT2D eigenvalue weighted by molar-refractivity contribution is -0.121. The van der Waals surface area contributed by atoms with Crippen LogP contribution in [0.15, 0.2) is 126 Å². The lowest BCUT2D eigenvalue weighted by Crippen LogP contribution is -2.29. The Balaban J connectivity index is 1.30. The van der Waals surface area contributed by atoms with Gasteiger partial charge in [-0.3, -0.25) is 4.79 Å². The second kappa shape index (κ2) is 11.5. The molecule has 192 valence electrons. The quantitative estimate of drug-likeness (QED) is 0.246. The first-order chi connectivity index (χ1) is 18.5. The Hall–Kier alpha value is -4.16. The van der Waals surface area contributed by atoms with Gasteiger partial charge in [0.2, 0.25) is 5.91 Å². The van der Waals surface area contributed by atoms with E-state index in [-0.39, 0.29) is 29.0 Å². The summed E-state index contributed by atoms with van der Waals surface area (Å²) in [6, 6.07) is 37.1. The molecule has 0 bridgehead atoms. The van der Waals surface area contributed by atoms with Gasteiger partial charge in [-0.2, -0.15) is 0 Å². The molecule has 0 aliphatic carbocycles. The van der Waals surface area contributed by atoms with Crippen LogP contribution in [-0.2, 0) is 26.9 Å². The van der Waals surface area contributed by atoms with Gasteiger partial charge in [-0.15, -0.1) is 0 Å². The summed E-state index contributed by atoms with van der Waals surface area (Å²) in [5.41, 5.74) is 3.87. The first-order valence-corrected chi connectivity index (χ1v) is 14.4. The van der Waals surface area contributed by atoms with Crippen LogP contribution >= 0.6 is 0 Å². The molecule has 6 heteroatoms. The molecule has 1 N–H and O–H groups in total. The molecule has 5 rings (SSSR count). The second-order valence-corrected chi connectivity index (χ2v) is 11.4. The van der Waals surface area contributed by atoms with E-state index in [1.54, 1.807) is 16.8 Å². The Labute approximate surface area is 223 Å². The lowest BCUT2D eigenvalue weighted by Gasteiger charge is -2.18. The zero-order valence-electron chi connectivity index (χ0n) is 21.0. The van der Waals surface area contributed by atoms with Crippen LogP contribution in [0.4, 0.5) is 0 Å². The maximum atomic E-state index is 13.3. The third-order valence-corrected chi connectivity index (χ3v) is 8.47. The van der Waals surface area contributed by atoms with Crippen molar-refractivity contribution in [1.82, 2.24) is 9.88 Å². The molecule has 4 aromatic carbocycles. The van der Waals surface area contributed by atoms with Gasteiger partial charge in [-0.05, 0) is 29.2 Å². The molecule has 38 heavy (non-hydrogen) atoms. The predicted octanol–water partition coefficient (Wildman–Crippen LogP) is 5.95. The minimum absolute atomic E-state index is 0.0444. The van der Waals surface area contributed by atoms with Crippen molar-refractivity contribution in [1.29, 1.82) is 0 Å². The summed E-state index contributed by atoms with van der Waals surface area (Å²) in [5.74, 6) is -0.0773. The number of hydrogen-bond acceptors (Lipinski definition) is 3. The zero-order valence-corrected chi connectivity index (χ0v) is 21.8. The van der Waals surface area contributed by atoms with Gasteiger partial charge in [-0.25, -0.2) is 8.42 Å². The number of para-hydroxylation sites is 1. The molecule has 1 heterocycles. The summed E-state index contributed by atoms with van der Waals surface area (Å²) in [7, 11) is -3.60. The van der Waals surface area contributed by atoms with E-state index >= 15 is 0 Å². The molecular weight excluding hydrogens is 492 g/mol. The van der Waals surface area contributed by atoms with Gasteiger partial charge in [-0.1, -0.05) is 109 Å². The molecule has 5 aromatic rings. The van der Waals surface area contributed by atoms with Crippen molar-refractivity contribution in [3.8, 4) is 0 Å². The highest BCUT2D eigenvalue weighted by Crippen LogP contribution is 2.29. The number of nitrogens with one attached hydrogen (secondary N) is 1. The number of amides is 1. The number of fused-ring (bicyclic) bond motifs is 1. The average Bonchev–Trinajstić information content (AvgIpc) is 3.32. The van der Waals surface area contributed by atoms with Crippen LogP contribution in [-0.4, -0.2) is 25.4 Å². The van der Waals surface area contributed by atoms with E-state index in [0.717, 1.165) is 17.5 Å². The summed E-state index contributed by atoms with van der Waals surface area (Å²) in [6.45, 7) is 0.550. The van der Waals surface area contributed by atoms with E-state index in [9.17, 15) is 13.2 Å². The van der Waals surface area contributed by atoms with E-state index in [4.69, 9.17) is 0 Å². The molecule has 0 saturated heterocycles. The second-order valence-electron chi connectivity index (χ2n) is 9.40. The number of benzene rings is 4. The van der Waals surface area contributed by atoms with Crippen molar-refractivity contribution in [2.24, 2.45) is 0 Å². The number of aromatic nitrogens is 1. The minimum atomic E-state index is -3.60. The first-order valence-electron chi connectivity index (χ1n) is 12.7. The minimum Gasteiger partial charge on any atom is -0.355 e. The maximum absolute atomic E-state index is 13.3. The van der Waals surface area contributed by atoms with E-state index in [1.807, 2.05) is 84.9 Å². The molecule has 5 nitrogen and oxygen atoms in total. The number of carbonyl (C=O) groups excluding carboxylic acids is 1. The topological polar surface area (TPSA) is 68.2 Å². The Bertz CT molecular complexity index is 1570. The molecule has 0 spiro atoms. The standard InChI is InChI=1S/C32H30N2O3S/c35-32(33-21-20-28(26-14-6-2-7-15-26)27-16-8-3-9-17-27)23-34-22-31(29-18-10-11-19-30(29)34)38(36,37)24-25-12-4-1-5-13-25/h1-19,22,28H,20-21,23-24H2,(H,33,35). The SMILES string of the molecule is O=C(Cn1cc(S(=O)(=O)Cc2ccccc2)c2ccccc21)NCCC(c1ccccc1)c1ccccc1. The van der Waals surface area contributed by atoms with Crippen molar-refractivity contribution in [2.75, 3.05) is 6.54 Å². The summed E-state index contributed by atoms with van der Waals surface area (Å²) in [6.07, 6.45) is 2.35. The maximum Gasteiger partial charge on any atom is 0.239 e. The van der Waals surface area contributed by atoms with Crippen LogP contribution in [0.5, 0.6) is 0 Å². The summed E-state index contributed by atoms with van der Waals surface area (Å²) >= 11 is 0. The highest BCUT2D eigenvalue weighted by Gasteiger charge is 2.22. The van der Waals surface area contributed by atoms with Crippen LogP contribution in [0.25, 0.3) is 10.9 Å². The molecule has 0 radical (unpaired) electrons. The van der Waals surface area contributed by atoms with Crippen molar-refractivity contribution in [3.05, 3.63) is 138 Å². The van der Waals surface area contributed by atoms with E-state index in [1.165, 1.54) is 11.1 Å². The summed E-state index contributed by atoms with van der Waals surface area (Å²) in [5, 5.41) is 3.67. The van der Waals surface area contributed by atoms with Crippen LogP contribution in [0.2, 0.25) is 0 Å². The Morgan fingerprint density at radius 3 is 1.92 bits per heavy atom. The van der Waals surface area contributed by atoms with Crippen molar-refractivity contribution in [3.63, 3.8) is 0 Å². The van der Waals surface area contributed by atoms with Crippen molar-refractivity contribution < 1.29 is 13.2 Å². The highest BCUT2D eigenvalue weighted by atomic mass is 32.2. The highest BCUT2D eigenvalue weighted by molar-refractivity contribution is 7.90. The fourth-order valence-electron chi connectivity index (χ4n) is 4.93. The average molecular weight is 523 g/mol. The number of hydrogen-bond donors (Lipinski definition) is 1. The summed E-state index contributed by atoms with van der Waals surface area (Å²) < 4.78 is 28.4. The Kier molecular flexibility index (Phi) is 7.70. The summed E-state index contributed by atoms with van der Waals surface area (Å²) in [4.78, 5) is 13.2. The van der Waals surface area contributed by atoms with Gasteiger partial charge in [0.25, 0.3) is 0 Å². The molecule has 0 aliphatic rings. The smallest absolute Gasteiger partial charge is 0.239 e. The van der Waals surface area contributed by atoms with Crippen LogP contribution in [0.1, 0.15) is 29.0 Å². The fraction of sp³-hybridized carbons (Fsp3) is 0.156. The molecule has 1 amide bonds. The fourth-order valence-corrected chi connectivity index (χ4v) is 6.51. The monoisotopic (exact) mass is 522 g/mol. The zero-order chi connectivity index (χ0) is 26.4. The van der Waals surface area contributed by atoms with Crippen molar-refractivity contribution in [2.45, 2.75) is 29.5 Å². The number of nitrogens with zero attached hydrogens (tertiary/aromatic N) is 1. The largest absolute Gasteiger partial charge is 0.355 e. The Morgan fingerprint density at radius 1 is 0.737 bits per heavy atom. The molecule has 1 aromatic heterocycles. The first kappa shape index (κ1) is 25.5.